The van der Waals surface area contributed by atoms with Crippen molar-refractivity contribution >= 4 is 18.9 Å². The van der Waals surface area contributed by atoms with E-state index in [4.69, 9.17) is 20.8 Å². The van der Waals surface area contributed by atoms with Crippen molar-refractivity contribution in [3.05, 3.63) is 0 Å². The van der Waals surface area contributed by atoms with Crippen LogP contribution in [0.1, 0.15) is 60.3 Å². The molecular formula is C17H32BN3O4. The lowest BCUT2D eigenvalue weighted by molar-refractivity contribution is -0.133. The average molecular weight is 353 g/mol. The van der Waals surface area contributed by atoms with Crippen molar-refractivity contribution in [3.8, 4) is 0 Å². The first-order valence-corrected chi connectivity index (χ1v) is 9.09. The number of carbonyl (C=O) groups is 2. The Labute approximate surface area is 150 Å². The van der Waals surface area contributed by atoms with Crippen LogP contribution in [-0.4, -0.2) is 41.7 Å². The van der Waals surface area contributed by atoms with Crippen LogP contribution in [0.25, 0.3) is 0 Å². The Morgan fingerprint density at radius 3 is 2.20 bits per heavy atom. The zero-order chi connectivity index (χ0) is 19.0. The summed E-state index contributed by atoms with van der Waals surface area (Å²) in [5.41, 5.74) is 9.90. The Kier molecular flexibility index (Phi) is 5.57. The summed E-state index contributed by atoms with van der Waals surface area (Å²) in [7, 11) is -0.260. The molecule has 1 unspecified atom stereocenters. The molecule has 1 saturated carbocycles. The van der Waals surface area contributed by atoms with E-state index < -0.39 is 17.5 Å². The van der Waals surface area contributed by atoms with Gasteiger partial charge in [0, 0.05) is 13.0 Å². The fraction of sp³-hybridized carbons (Fsp3) is 0.882. The number of nitrogens with two attached hydrogens (primary N) is 2. The summed E-state index contributed by atoms with van der Waals surface area (Å²) in [5, 5.41) is 2.73. The fourth-order valence-corrected chi connectivity index (χ4v) is 3.87. The van der Waals surface area contributed by atoms with E-state index in [1.165, 1.54) is 6.92 Å². The number of amides is 2. The summed E-state index contributed by atoms with van der Waals surface area (Å²) in [4.78, 5) is 23.6. The lowest BCUT2D eigenvalue weighted by Gasteiger charge is -2.43. The molecule has 1 saturated heterocycles. The maximum atomic E-state index is 12.1. The maximum Gasteiger partial charge on any atom is 0.457 e. The molecular weight excluding hydrogens is 321 g/mol. The normalized spacial score (nSPS) is 33.9. The molecule has 0 bridgehead atoms. The summed E-state index contributed by atoms with van der Waals surface area (Å²) in [6, 6.07) is -0.456. The predicted molar refractivity (Wildman–Crippen MR) is 96.6 cm³/mol. The monoisotopic (exact) mass is 353 g/mol. The first kappa shape index (κ1) is 20.2. The van der Waals surface area contributed by atoms with Crippen LogP contribution in [0.5, 0.6) is 0 Å². The second kappa shape index (κ2) is 6.89. The number of primary amides is 1. The predicted octanol–water partition coefficient (Wildman–Crippen LogP) is 0.956. The smallest absolute Gasteiger partial charge is 0.403 e. The molecule has 0 aromatic heterocycles. The van der Waals surface area contributed by atoms with Gasteiger partial charge in [-0.25, -0.2) is 0 Å². The highest BCUT2D eigenvalue weighted by Crippen LogP contribution is 2.40. The van der Waals surface area contributed by atoms with Crippen molar-refractivity contribution in [2.24, 2.45) is 17.4 Å². The minimum absolute atomic E-state index is 0.234. The quantitative estimate of drug-likeness (QED) is 0.637. The van der Waals surface area contributed by atoms with E-state index in [2.05, 4.69) is 5.32 Å². The Bertz CT molecular complexity index is 524. The lowest BCUT2D eigenvalue weighted by atomic mass is 9.68. The standard InChI is InChI=1S/C17H32BN3O4/c1-11(22)21-17(14(20)23)10-12(6-7-13(17)19)8-9-18-24-15(2,3)16(4,5)25-18/h12-13H,6-10,19H2,1-5H3,(H2,20,23)(H,21,22)/t12-,13?,17+/m0/s1. The largest absolute Gasteiger partial charge is 0.457 e. The first-order valence-electron chi connectivity index (χ1n) is 9.09. The fourth-order valence-electron chi connectivity index (χ4n) is 3.87. The van der Waals surface area contributed by atoms with E-state index >= 15 is 0 Å². The van der Waals surface area contributed by atoms with Crippen molar-refractivity contribution < 1.29 is 18.9 Å². The van der Waals surface area contributed by atoms with Crippen LogP contribution in [0.4, 0.5) is 0 Å². The second-order valence-corrected chi connectivity index (χ2v) is 8.53. The molecule has 7 nitrogen and oxygen atoms in total. The summed E-state index contributed by atoms with van der Waals surface area (Å²) in [6.07, 6.45) is 3.58. The van der Waals surface area contributed by atoms with Crippen molar-refractivity contribution in [3.63, 3.8) is 0 Å². The number of nitrogens with one attached hydrogen (secondary N) is 1. The molecule has 1 aliphatic carbocycles. The van der Waals surface area contributed by atoms with E-state index in [1.807, 2.05) is 27.7 Å². The van der Waals surface area contributed by atoms with Crippen LogP contribution in [0.3, 0.4) is 0 Å². The van der Waals surface area contributed by atoms with Gasteiger partial charge in [0.2, 0.25) is 11.8 Å². The Morgan fingerprint density at radius 2 is 1.72 bits per heavy atom. The molecule has 0 spiro atoms. The topological polar surface area (TPSA) is 117 Å². The number of rotatable bonds is 5. The molecule has 1 aliphatic heterocycles. The van der Waals surface area contributed by atoms with Gasteiger partial charge in [-0.2, -0.15) is 0 Å². The molecule has 8 heteroatoms. The number of carbonyl (C=O) groups excluding carboxylic acids is 2. The third kappa shape index (κ3) is 4.01. The average Bonchev–Trinajstić information content (AvgIpc) is 2.67. The lowest BCUT2D eigenvalue weighted by Crippen LogP contribution is -2.68. The molecule has 2 fully saturated rings. The molecule has 2 amide bonds. The third-order valence-corrected chi connectivity index (χ3v) is 6.08. The van der Waals surface area contributed by atoms with Gasteiger partial charge in [0.1, 0.15) is 5.54 Å². The van der Waals surface area contributed by atoms with Gasteiger partial charge in [-0.15, -0.1) is 0 Å². The molecule has 142 valence electrons. The van der Waals surface area contributed by atoms with Gasteiger partial charge in [-0.05, 0) is 59.2 Å². The summed E-state index contributed by atoms with van der Waals surface area (Å²) in [6.45, 7) is 9.50. The Hall–Kier alpha value is -1.12. The van der Waals surface area contributed by atoms with Gasteiger partial charge in [-0.1, -0.05) is 6.42 Å². The van der Waals surface area contributed by atoms with Gasteiger partial charge < -0.3 is 26.1 Å². The van der Waals surface area contributed by atoms with Crippen molar-refractivity contribution in [2.45, 2.75) is 89.4 Å². The molecule has 3 atom stereocenters. The van der Waals surface area contributed by atoms with Gasteiger partial charge in [0.15, 0.2) is 0 Å². The van der Waals surface area contributed by atoms with Gasteiger partial charge in [0.25, 0.3) is 0 Å². The molecule has 0 aromatic carbocycles. The number of hydrogen-bond acceptors (Lipinski definition) is 5. The summed E-state index contributed by atoms with van der Waals surface area (Å²) in [5.74, 6) is -0.616. The minimum atomic E-state index is -1.16. The van der Waals surface area contributed by atoms with Crippen LogP contribution >= 0.6 is 0 Å². The maximum absolute atomic E-state index is 12.1. The highest BCUT2D eigenvalue weighted by Gasteiger charge is 2.52. The van der Waals surface area contributed by atoms with Crippen LogP contribution in [0, 0.1) is 5.92 Å². The highest BCUT2D eigenvalue weighted by molar-refractivity contribution is 6.45. The zero-order valence-corrected chi connectivity index (χ0v) is 16.1. The molecule has 1 heterocycles. The number of hydrogen-bond donors (Lipinski definition) is 3. The molecule has 25 heavy (non-hydrogen) atoms. The molecule has 0 aromatic rings. The summed E-state index contributed by atoms with van der Waals surface area (Å²) >= 11 is 0. The van der Waals surface area contributed by atoms with Gasteiger partial charge in [0.05, 0.1) is 11.2 Å². The Balaban J connectivity index is 2.00. The van der Waals surface area contributed by atoms with E-state index in [0.29, 0.717) is 12.8 Å². The van der Waals surface area contributed by atoms with Crippen LogP contribution in [0.15, 0.2) is 0 Å². The van der Waals surface area contributed by atoms with E-state index in [-0.39, 0.29) is 30.1 Å². The van der Waals surface area contributed by atoms with Gasteiger partial charge in [-0.3, -0.25) is 9.59 Å². The highest BCUT2D eigenvalue weighted by atomic mass is 16.7. The van der Waals surface area contributed by atoms with E-state index in [1.54, 1.807) is 0 Å². The van der Waals surface area contributed by atoms with Crippen molar-refractivity contribution in [2.75, 3.05) is 0 Å². The third-order valence-electron chi connectivity index (χ3n) is 6.08. The van der Waals surface area contributed by atoms with E-state index in [0.717, 1.165) is 19.2 Å². The van der Waals surface area contributed by atoms with Crippen molar-refractivity contribution in [1.29, 1.82) is 0 Å². The Morgan fingerprint density at radius 1 is 1.16 bits per heavy atom. The molecule has 5 N–H and O–H groups in total. The van der Waals surface area contributed by atoms with Crippen LogP contribution < -0.4 is 16.8 Å². The van der Waals surface area contributed by atoms with Crippen molar-refractivity contribution in [1.82, 2.24) is 5.32 Å². The molecule has 2 aliphatic rings. The van der Waals surface area contributed by atoms with Crippen LogP contribution in [-0.2, 0) is 18.9 Å². The van der Waals surface area contributed by atoms with Crippen LogP contribution in [0.2, 0.25) is 6.32 Å². The summed E-state index contributed by atoms with van der Waals surface area (Å²) < 4.78 is 12.1. The molecule has 0 radical (unpaired) electrons. The zero-order valence-electron chi connectivity index (χ0n) is 16.1. The second-order valence-electron chi connectivity index (χ2n) is 8.53. The SMILES string of the molecule is CC(=O)N[C@]1(C(N)=O)C[C@H](CCB2OC(C)(C)C(C)(C)O2)CCC1N. The first-order chi connectivity index (χ1) is 11.4. The van der Waals surface area contributed by atoms with E-state index in [9.17, 15) is 9.59 Å². The molecule has 2 rings (SSSR count). The van der Waals surface area contributed by atoms with Gasteiger partial charge >= 0.3 is 7.12 Å². The minimum Gasteiger partial charge on any atom is -0.403 e.